The Bertz CT molecular complexity index is 1270. The molecule has 0 spiro atoms. The number of nitrogens with one attached hydrogen (secondary N) is 2. The summed E-state index contributed by atoms with van der Waals surface area (Å²) >= 11 is 0. The predicted molar refractivity (Wildman–Crippen MR) is 129 cm³/mol. The van der Waals surface area contributed by atoms with Gasteiger partial charge in [0.1, 0.15) is 17.3 Å². The number of hydrogen-bond donors (Lipinski definition) is 2. The first kappa shape index (κ1) is 25.2. The Morgan fingerprint density at radius 1 is 1.29 bits per heavy atom. The van der Waals surface area contributed by atoms with Gasteiger partial charge in [-0.1, -0.05) is 0 Å². The molecule has 3 aromatic heterocycles. The van der Waals surface area contributed by atoms with E-state index in [4.69, 9.17) is 9.72 Å². The van der Waals surface area contributed by atoms with Gasteiger partial charge in [-0.15, -0.1) is 0 Å². The minimum atomic E-state index is -3.27. The molecule has 3 aromatic rings. The van der Waals surface area contributed by atoms with E-state index in [0.717, 1.165) is 31.2 Å². The van der Waals surface area contributed by atoms with Crippen LogP contribution in [0.4, 0.5) is 20.4 Å². The Hall–Kier alpha value is -2.90. The van der Waals surface area contributed by atoms with Crippen molar-refractivity contribution in [2.45, 2.75) is 19.3 Å². The molecule has 1 fully saturated rings. The maximum absolute atomic E-state index is 13.3. The van der Waals surface area contributed by atoms with Gasteiger partial charge in [-0.25, -0.2) is 36.4 Å². The highest BCUT2D eigenvalue weighted by Gasteiger charge is 2.23. The highest BCUT2D eigenvalue weighted by atomic mass is 32.2. The first-order valence-corrected chi connectivity index (χ1v) is 13.2. The van der Waals surface area contributed by atoms with Crippen LogP contribution in [0.15, 0.2) is 30.5 Å². The van der Waals surface area contributed by atoms with E-state index < -0.39 is 16.4 Å². The summed E-state index contributed by atoms with van der Waals surface area (Å²) in [7, 11) is -1.66. The Labute approximate surface area is 202 Å². The summed E-state index contributed by atoms with van der Waals surface area (Å²) in [6.07, 6.45) is 1.86. The van der Waals surface area contributed by atoms with Gasteiger partial charge in [-0.05, 0) is 43.0 Å². The molecule has 0 aromatic carbocycles. The van der Waals surface area contributed by atoms with Crippen LogP contribution in [0.25, 0.3) is 16.9 Å². The summed E-state index contributed by atoms with van der Waals surface area (Å²) in [6, 6.07) is 6.49. The molecule has 13 heteroatoms. The number of alkyl halides is 2. The number of halogens is 2. The normalized spacial score (nSPS) is 16.8. The van der Waals surface area contributed by atoms with E-state index in [9.17, 15) is 17.2 Å². The molecule has 4 rings (SSSR count). The number of rotatable bonds is 10. The van der Waals surface area contributed by atoms with Crippen LogP contribution in [0.5, 0.6) is 0 Å². The molecule has 0 aliphatic carbocycles. The van der Waals surface area contributed by atoms with Crippen LogP contribution in [0, 0.1) is 5.92 Å². The number of ether oxygens (including phenoxy) is 1. The molecule has 0 radical (unpaired) electrons. The van der Waals surface area contributed by atoms with E-state index in [2.05, 4.69) is 25.0 Å². The smallest absolute Gasteiger partial charge is 0.282 e. The van der Waals surface area contributed by atoms with Gasteiger partial charge < -0.3 is 15.0 Å². The van der Waals surface area contributed by atoms with Gasteiger partial charge in [-0.2, -0.15) is 5.10 Å². The molecule has 0 saturated carbocycles. The maximum atomic E-state index is 13.3. The van der Waals surface area contributed by atoms with Crippen LogP contribution in [0.3, 0.4) is 0 Å². The Kier molecular flexibility index (Phi) is 7.77. The second-order valence-corrected chi connectivity index (χ2v) is 10.4. The third-order valence-electron chi connectivity index (χ3n) is 5.80. The molecule has 2 N–H and O–H groups in total. The molecule has 190 valence electrons. The van der Waals surface area contributed by atoms with E-state index in [1.54, 1.807) is 13.3 Å². The van der Waals surface area contributed by atoms with E-state index in [1.807, 2.05) is 12.1 Å². The van der Waals surface area contributed by atoms with E-state index in [1.165, 1.54) is 16.6 Å². The van der Waals surface area contributed by atoms with Crippen LogP contribution in [0.1, 0.15) is 25.0 Å². The topological polar surface area (TPSA) is 114 Å². The second kappa shape index (κ2) is 10.8. The second-order valence-electron chi connectivity index (χ2n) is 8.57. The van der Waals surface area contributed by atoms with Gasteiger partial charge >= 0.3 is 0 Å². The van der Waals surface area contributed by atoms with Crippen molar-refractivity contribution in [3.05, 3.63) is 36.2 Å². The van der Waals surface area contributed by atoms with Crippen molar-refractivity contribution in [3.63, 3.8) is 0 Å². The van der Waals surface area contributed by atoms with E-state index in [0.29, 0.717) is 49.2 Å². The highest BCUT2D eigenvalue weighted by Crippen LogP contribution is 2.30. The van der Waals surface area contributed by atoms with Crippen molar-refractivity contribution in [1.82, 2.24) is 24.3 Å². The lowest BCUT2D eigenvalue weighted by molar-refractivity contribution is 0.144. The number of sulfonamides is 1. The number of methoxy groups -OCH3 is 1. The fourth-order valence-corrected chi connectivity index (χ4v) is 4.65. The summed E-state index contributed by atoms with van der Waals surface area (Å²) in [5.74, 6) is 1.44. The van der Waals surface area contributed by atoms with Crippen molar-refractivity contribution >= 4 is 27.3 Å². The van der Waals surface area contributed by atoms with E-state index >= 15 is 0 Å². The van der Waals surface area contributed by atoms with Crippen LogP contribution in [0.2, 0.25) is 0 Å². The minimum Gasteiger partial charge on any atom is -0.383 e. The van der Waals surface area contributed by atoms with Gasteiger partial charge in [0, 0.05) is 38.9 Å². The zero-order valence-corrected chi connectivity index (χ0v) is 20.4. The zero-order chi connectivity index (χ0) is 25.0. The quantitative estimate of drug-likeness (QED) is 0.401. The maximum Gasteiger partial charge on any atom is 0.282 e. The van der Waals surface area contributed by atoms with Crippen molar-refractivity contribution in [3.8, 4) is 11.3 Å². The number of piperidine rings is 1. The van der Waals surface area contributed by atoms with Crippen molar-refractivity contribution in [1.29, 1.82) is 0 Å². The molecule has 1 atom stereocenters. The lowest BCUT2D eigenvalue weighted by atomic mass is 9.98. The fourth-order valence-electron chi connectivity index (χ4n) is 4.11. The lowest BCUT2D eigenvalue weighted by Gasteiger charge is -2.34. The van der Waals surface area contributed by atoms with Gasteiger partial charge in [0.25, 0.3) is 6.43 Å². The van der Waals surface area contributed by atoms with Gasteiger partial charge in [0.2, 0.25) is 10.0 Å². The molecule has 0 bridgehead atoms. The highest BCUT2D eigenvalue weighted by molar-refractivity contribution is 7.88. The molecular formula is C22H29F2N7O3S. The summed E-state index contributed by atoms with van der Waals surface area (Å²) in [6.45, 7) is 2.79. The van der Waals surface area contributed by atoms with Gasteiger partial charge in [0.05, 0.1) is 24.8 Å². The fraction of sp³-hybridized carbons (Fsp3) is 0.500. The first-order valence-electron chi connectivity index (χ1n) is 11.3. The monoisotopic (exact) mass is 509 g/mol. The van der Waals surface area contributed by atoms with Crippen molar-refractivity contribution < 1.29 is 21.9 Å². The third-order valence-corrected chi connectivity index (χ3v) is 6.49. The van der Waals surface area contributed by atoms with Crippen LogP contribution < -0.4 is 14.9 Å². The average Bonchev–Trinajstić information content (AvgIpc) is 3.26. The predicted octanol–water partition coefficient (Wildman–Crippen LogP) is 2.55. The Balaban J connectivity index is 1.68. The Morgan fingerprint density at radius 3 is 2.86 bits per heavy atom. The average molecular weight is 510 g/mol. The van der Waals surface area contributed by atoms with Crippen LogP contribution >= 0.6 is 0 Å². The van der Waals surface area contributed by atoms with Crippen molar-refractivity contribution in [2.24, 2.45) is 5.92 Å². The molecular weight excluding hydrogens is 480 g/mol. The SMILES string of the molecule is COCCNc1cc(-c2cnc3ccc(C(F)F)nn23)cc(N2CCCC(CNS(C)(=O)=O)C2)n1. The largest absolute Gasteiger partial charge is 0.383 e. The molecule has 10 nitrogen and oxygen atoms in total. The van der Waals surface area contributed by atoms with Crippen molar-refractivity contribution in [2.75, 3.05) is 56.4 Å². The molecule has 1 unspecified atom stereocenters. The summed E-state index contributed by atoms with van der Waals surface area (Å²) < 4.78 is 58.7. The Morgan fingerprint density at radius 2 is 2.11 bits per heavy atom. The molecule has 1 aliphatic rings. The third kappa shape index (κ3) is 6.41. The van der Waals surface area contributed by atoms with E-state index in [-0.39, 0.29) is 11.6 Å². The van der Waals surface area contributed by atoms with Crippen LogP contribution in [-0.4, -0.2) is 74.2 Å². The van der Waals surface area contributed by atoms with Gasteiger partial charge in [0.15, 0.2) is 5.65 Å². The lowest BCUT2D eigenvalue weighted by Crippen LogP contribution is -2.41. The molecule has 0 amide bonds. The number of anilines is 2. The number of nitrogens with zero attached hydrogens (tertiary/aromatic N) is 5. The molecule has 1 aliphatic heterocycles. The number of fused-ring (bicyclic) bond motifs is 1. The number of aromatic nitrogens is 4. The standard InChI is InChI=1S/C22H29F2N7O3S/c1-34-9-7-25-19-10-16(18-13-26-20-6-5-17(22(23)24)29-31(18)20)11-21(28-19)30-8-3-4-15(14-30)12-27-35(2,32)33/h5-6,10-11,13,15,22,27H,3-4,7-9,12,14H2,1-2H3,(H,25,28). The number of imidazole rings is 1. The zero-order valence-electron chi connectivity index (χ0n) is 19.6. The number of pyridine rings is 1. The molecule has 1 saturated heterocycles. The first-order chi connectivity index (χ1) is 16.7. The number of hydrogen-bond acceptors (Lipinski definition) is 8. The minimum absolute atomic E-state index is 0.139. The summed E-state index contributed by atoms with van der Waals surface area (Å²) in [5, 5.41) is 7.32. The summed E-state index contributed by atoms with van der Waals surface area (Å²) in [4.78, 5) is 11.2. The molecule has 4 heterocycles. The summed E-state index contributed by atoms with van der Waals surface area (Å²) in [5.41, 5.74) is 1.41. The molecule has 35 heavy (non-hydrogen) atoms. The van der Waals surface area contributed by atoms with Gasteiger partial charge in [-0.3, -0.25) is 0 Å². The van der Waals surface area contributed by atoms with Crippen LogP contribution in [-0.2, 0) is 14.8 Å².